The smallest absolute Gasteiger partial charge is 0.0621 e. The Kier molecular flexibility index (Phi) is 5.18. The van der Waals surface area contributed by atoms with Gasteiger partial charge < -0.3 is 15.5 Å². The van der Waals surface area contributed by atoms with Crippen LogP contribution in [0.5, 0.6) is 0 Å². The molecule has 1 aromatic carbocycles. The number of para-hydroxylation sites is 1. The number of fused-ring (bicyclic) bond motifs is 1. The first-order valence-corrected chi connectivity index (χ1v) is 8.35. The number of aromatic nitrogens is 1. The molecule has 0 radical (unpaired) electrons. The summed E-state index contributed by atoms with van der Waals surface area (Å²) in [6.07, 6.45) is 7.35. The molecule has 0 amide bonds. The largest absolute Gasteiger partial charge is 0.405 e. The van der Waals surface area contributed by atoms with Gasteiger partial charge in [0.25, 0.3) is 0 Å². The van der Waals surface area contributed by atoms with Crippen molar-refractivity contribution in [1.29, 1.82) is 0 Å². The molecule has 1 aromatic heterocycles. The highest BCUT2D eigenvalue weighted by Gasteiger charge is 2.27. The lowest BCUT2D eigenvalue weighted by atomic mass is 9.94. The molecule has 1 atom stereocenters. The number of allylic oxidation sites excluding steroid dienone is 2. The monoisotopic (exact) mass is 323 g/mol. The van der Waals surface area contributed by atoms with Crippen molar-refractivity contribution >= 4 is 10.9 Å². The van der Waals surface area contributed by atoms with Crippen LogP contribution in [0.2, 0.25) is 0 Å². The van der Waals surface area contributed by atoms with Crippen LogP contribution in [0.15, 0.2) is 60.8 Å². The zero-order valence-electron chi connectivity index (χ0n) is 14.2. The second-order valence-corrected chi connectivity index (χ2v) is 6.08. The molecule has 0 bridgehead atoms. The van der Waals surface area contributed by atoms with Crippen molar-refractivity contribution in [3.8, 4) is 0 Å². The summed E-state index contributed by atoms with van der Waals surface area (Å²) >= 11 is 0. The maximum atomic E-state index is 5.54. The van der Waals surface area contributed by atoms with Gasteiger partial charge in [0, 0.05) is 35.2 Å². The van der Waals surface area contributed by atoms with Gasteiger partial charge in [-0.2, -0.15) is 0 Å². The number of ether oxygens (including phenoxy) is 1. The van der Waals surface area contributed by atoms with E-state index in [1.807, 2.05) is 18.2 Å². The summed E-state index contributed by atoms with van der Waals surface area (Å²) in [5.41, 5.74) is 10.2. The van der Waals surface area contributed by atoms with Gasteiger partial charge in [-0.1, -0.05) is 36.9 Å². The van der Waals surface area contributed by atoms with E-state index in [1.165, 1.54) is 28.4 Å². The predicted octanol–water partition coefficient (Wildman–Crippen LogP) is 3.43. The van der Waals surface area contributed by atoms with Crippen molar-refractivity contribution in [2.75, 3.05) is 26.3 Å². The molecule has 1 unspecified atom stereocenters. The zero-order chi connectivity index (χ0) is 16.9. The fourth-order valence-electron chi connectivity index (χ4n) is 3.42. The third kappa shape index (κ3) is 3.30. The van der Waals surface area contributed by atoms with Crippen LogP contribution in [0, 0.1) is 6.92 Å². The molecule has 2 heterocycles. The van der Waals surface area contributed by atoms with Crippen LogP contribution in [-0.2, 0) is 4.74 Å². The van der Waals surface area contributed by atoms with Crippen LogP contribution in [-0.4, -0.2) is 36.2 Å². The maximum absolute atomic E-state index is 5.54. The van der Waals surface area contributed by atoms with E-state index in [4.69, 9.17) is 10.5 Å². The van der Waals surface area contributed by atoms with Crippen molar-refractivity contribution in [1.82, 2.24) is 9.88 Å². The number of H-pyrrole nitrogens is 1. The number of benzene rings is 1. The van der Waals surface area contributed by atoms with Gasteiger partial charge in [0.1, 0.15) is 0 Å². The highest BCUT2D eigenvalue weighted by Crippen LogP contribution is 2.36. The number of nitrogens with two attached hydrogens (primary N) is 1. The lowest BCUT2D eigenvalue weighted by molar-refractivity contribution is 0.0240. The number of aromatic amines is 1. The number of aryl methyl sites for hydroxylation is 1. The molecule has 1 aliphatic heterocycles. The fraction of sp³-hybridized carbons (Fsp3) is 0.300. The summed E-state index contributed by atoms with van der Waals surface area (Å²) in [7, 11) is 0. The molecular weight excluding hydrogens is 298 g/mol. The molecule has 1 fully saturated rings. The number of rotatable bonds is 5. The van der Waals surface area contributed by atoms with E-state index >= 15 is 0 Å². The Bertz CT molecular complexity index is 766. The zero-order valence-corrected chi connectivity index (χ0v) is 14.2. The molecule has 0 saturated carbocycles. The Morgan fingerprint density at radius 2 is 2.04 bits per heavy atom. The second-order valence-electron chi connectivity index (χ2n) is 6.08. The van der Waals surface area contributed by atoms with Gasteiger partial charge in [-0.05, 0) is 30.8 Å². The Hall–Kier alpha value is -2.30. The summed E-state index contributed by atoms with van der Waals surface area (Å²) < 4.78 is 5.54. The van der Waals surface area contributed by atoms with Crippen molar-refractivity contribution < 1.29 is 4.74 Å². The minimum atomic E-state index is 0.132. The summed E-state index contributed by atoms with van der Waals surface area (Å²) in [5.74, 6) is 0. The van der Waals surface area contributed by atoms with E-state index in [1.54, 1.807) is 0 Å². The Morgan fingerprint density at radius 3 is 2.79 bits per heavy atom. The molecule has 3 N–H and O–H groups in total. The van der Waals surface area contributed by atoms with E-state index in [2.05, 4.69) is 47.7 Å². The number of nitrogens with one attached hydrogen (secondary N) is 1. The summed E-state index contributed by atoms with van der Waals surface area (Å²) in [4.78, 5) is 5.96. The Balaban J connectivity index is 2.05. The van der Waals surface area contributed by atoms with Crippen LogP contribution in [0.3, 0.4) is 0 Å². The highest BCUT2D eigenvalue weighted by molar-refractivity contribution is 5.85. The number of morpholine rings is 1. The van der Waals surface area contributed by atoms with Crippen LogP contribution < -0.4 is 5.73 Å². The fourth-order valence-corrected chi connectivity index (χ4v) is 3.42. The molecule has 24 heavy (non-hydrogen) atoms. The van der Waals surface area contributed by atoms with Gasteiger partial charge in [-0.15, -0.1) is 0 Å². The summed E-state index contributed by atoms with van der Waals surface area (Å²) in [6, 6.07) is 8.58. The van der Waals surface area contributed by atoms with Crippen LogP contribution in [0.1, 0.15) is 17.3 Å². The molecule has 0 aliphatic carbocycles. The van der Waals surface area contributed by atoms with Crippen LogP contribution in [0.4, 0.5) is 0 Å². The lowest BCUT2D eigenvalue weighted by Crippen LogP contribution is -2.39. The molecule has 1 aliphatic rings. The van der Waals surface area contributed by atoms with E-state index < -0.39 is 0 Å². The first kappa shape index (κ1) is 16.6. The lowest BCUT2D eigenvalue weighted by Gasteiger charge is -2.35. The average molecular weight is 323 g/mol. The molecular formula is C20H25N3O. The van der Waals surface area contributed by atoms with Gasteiger partial charge in [-0.25, -0.2) is 0 Å². The topological polar surface area (TPSA) is 54.3 Å². The highest BCUT2D eigenvalue weighted by atomic mass is 16.5. The minimum absolute atomic E-state index is 0.132. The first-order valence-electron chi connectivity index (χ1n) is 8.35. The van der Waals surface area contributed by atoms with Crippen molar-refractivity contribution in [3.05, 3.63) is 72.1 Å². The van der Waals surface area contributed by atoms with E-state index in [0.717, 1.165) is 31.9 Å². The third-order valence-electron chi connectivity index (χ3n) is 4.51. The van der Waals surface area contributed by atoms with Gasteiger partial charge in [0.2, 0.25) is 0 Å². The van der Waals surface area contributed by atoms with E-state index in [0.29, 0.717) is 0 Å². The van der Waals surface area contributed by atoms with Gasteiger partial charge >= 0.3 is 0 Å². The first-order chi connectivity index (χ1) is 11.7. The van der Waals surface area contributed by atoms with Crippen LogP contribution >= 0.6 is 0 Å². The van der Waals surface area contributed by atoms with E-state index in [-0.39, 0.29) is 6.04 Å². The summed E-state index contributed by atoms with van der Waals surface area (Å²) in [6.45, 7) is 9.82. The second kappa shape index (κ2) is 7.51. The maximum Gasteiger partial charge on any atom is 0.0621 e. The van der Waals surface area contributed by atoms with E-state index in [9.17, 15) is 0 Å². The quantitative estimate of drug-likeness (QED) is 0.829. The molecule has 4 heteroatoms. The minimum Gasteiger partial charge on any atom is -0.405 e. The normalized spacial score (nSPS) is 17.9. The van der Waals surface area contributed by atoms with Gasteiger partial charge in [0.05, 0.1) is 19.3 Å². The number of hydrogen-bond donors (Lipinski definition) is 2. The number of nitrogens with zero attached hydrogens (tertiary/aromatic N) is 1. The van der Waals surface area contributed by atoms with Crippen molar-refractivity contribution in [3.63, 3.8) is 0 Å². The molecule has 4 nitrogen and oxygen atoms in total. The standard InChI is InChI=1S/C20H25N3O/c1-15(7-5-6-10-21)20(23-11-13-24-14-12-23)19-16(2)22-18-9-4-3-8-17(18)19/h3-10,20,22H,1,11-14,21H2,2H3/b7-5-,10-6-. The number of hydrogen-bond acceptors (Lipinski definition) is 3. The Labute approximate surface area is 143 Å². The molecule has 1 saturated heterocycles. The van der Waals surface area contributed by atoms with Crippen LogP contribution in [0.25, 0.3) is 10.9 Å². The molecule has 126 valence electrons. The van der Waals surface area contributed by atoms with Gasteiger partial charge in [0.15, 0.2) is 0 Å². The SMILES string of the molecule is C=C(/C=C\C=C/N)C(c1c(C)[nH]c2ccccc12)N1CCOCC1. The van der Waals surface area contributed by atoms with Gasteiger partial charge in [-0.3, -0.25) is 4.90 Å². The van der Waals surface area contributed by atoms with Crippen molar-refractivity contribution in [2.24, 2.45) is 5.73 Å². The molecule has 0 spiro atoms. The molecule has 2 aromatic rings. The Morgan fingerprint density at radius 1 is 1.29 bits per heavy atom. The average Bonchev–Trinajstić information content (AvgIpc) is 2.93. The third-order valence-corrected chi connectivity index (χ3v) is 4.51. The summed E-state index contributed by atoms with van der Waals surface area (Å²) in [5, 5.41) is 1.26. The van der Waals surface area contributed by atoms with Crippen molar-refractivity contribution in [2.45, 2.75) is 13.0 Å². The predicted molar refractivity (Wildman–Crippen MR) is 99.8 cm³/mol. The molecule has 3 rings (SSSR count).